The van der Waals surface area contributed by atoms with E-state index >= 15 is 0 Å². The summed E-state index contributed by atoms with van der Waals surface area (Å²) in [6, 6.07) is 5.91. The maximum absolute atomic E-state index is 10.2. The molecule has 6 heteroatoms. The van der Waals surface area contributed by atoms with Crippen molar-refractivity contribution in [3.05, 3.63) is 24.3 Å². The molecule has 0 fully saturated rings. The zero-order chi connectivity index (χ0) is 9.68. The summed E-state index contributed by atoms with van der Waals surface area (Å²) in [5.41, 5.74) is 0.409. The van der Waals surface area contributed by atoms with E-state index in [9.17, 15) is 13.6 Å². The van der Waals surface area contributed by atoms with Gasteiger partial charge in [-0.15, -0.1) is 0 Å². The SMILES string of the molecule is O=COc1ccc(NS(=O)[O-])cc1. The van der Waals surface area contributed by atoms with E-state index in [1.807, 2.05) is 0 Å². The van der Waals surface area contributed by atoms with Crippen molar-refractivity contribution in [2.75, 3.05) is 4.72 Å². The van der Waals surface area contributed by atoms with Gasteiger partial charge in [0.1, 0.15) is 5.75 Å². The Morgan fingerprint density at radius 3 is 2.46 bits per heavy atom. The van der Waals surface area contributed by atoms with Crippen molar-refractivity contribution < 1.29 is 18.3 Å². The van der Waals surface area contributed by atoms with Crippen molar-refractivity contribution >= 4 is 23.4 Å². The Hall–Kier alpha value is -1.40. The highest BCUT2D eigenvalue weighted by Gasteiger charge is 1.93. The molecule has 13 heavy (non-hydrogen) atoms. The Morgan fingerprint density at radius 2 is 2.00 bits per heavy atom. The molecule has 1 rings (SSSR count). The number of nitrogens with one attached hydrogen (secondary N) is 1. The number of ether oxygens (including phenoxy) is 1. The number of rotatable bonds is 4. The molecule has 0 radical (unpaired) electrons. The first-order chi connectivity index (χ1) is 6.22. The summed E-state index contributed by atoms with van der Waals surface area (Å²) in [6.45, 7) is 0.300. The topological polar surface area (TPSA) is 78.5 Å². The molecular formula is C7H6NO4S-. The summed E-state index contributed by atoms with van der Waals surface area (Å²) in [5.74, 6) is 0.359. The van der Waals surface area contributed by atoms with Crippen LogP contribution < -0.4 is 9.46 Å². The van der Waals surface area contributed by atoms with Crippen molar-refractivity contribution in [2.45, 2.75) is 0 Å². The normalized spacial score (nSPS) is 11.8. The average Bonchev–Trinajstić information content (AvgIpc) is 2.08. The standard InChI is InChI=1S/C7H7NO4S/c9-5-12-7-3-1-6(2-4-7)8-13(10)11/h1-5,8H,(H,10,11)/p-1. The smallest absolute Gasteiger partial charge is 0.298 e. The Kier molecular flexibility index (Phi) is 3.41. The van der Waals surface area contributed by atoms with Gasteiger partial charge in [0.2, 0.25) is 0 Å². The molecule has 0 heterocycles. The van der Waals surface area contributed by atoms with E-state index in [1.165, 1.54) is 24.3 Å². The number of hydrogen-bond donors (Lipinski definition) is 1. The monoisotopic (exact) mass is 200 g/mol. The molecule has 0 spiro atoms. The van der Waals surface area contributed by atoms with Crippen LogP contribution in [0.2, 0.25) is 0 Å². The first-order valence-electron chi connectivity index (χ1n) is 3.28. The van der Waals surface area contributed by atoms with E-state index in [-0.39, 0.29) is 0 Å². The number of hydrogen-bond acceptors (Lipinski definition) is 4. The molecule has 0 aliphatic rings. The van der Waals surface area contributed by atoms with Crippen LogP contribution in [-0.2, 0) is 16.1 Å². The molecule has 1 unspecified atom stereocenters. The molecule has 1 aromatic carbocycles. The van der Waals surface area contributed by atoms with Gasteiger partial charge < -0.3 is 14.0 Å². The summed E-state index contributed by atoms with van der Waals surface area (Å²) >= 11 is -2.34. The quantitative estimate of drug-likeness (QED) is 0.564. The Balaban J connectivity index is 2.69. The zero-order valence-electron chi connectivity index (χ0n) is 6.43. The molecule has 0 saturated heterocycles. The van der Waals surface area contributed by atoms with Gasteiger partial charge in [-0.1, -0.05) is 0 Å². The summed E-state index contributed by atoms with van der Waals surface area (Å²) < 4.78 is 27.0. The highest BCUT2D eigenvalue weighted by Crippen LogP contribution is 2.14. The molecule has 1 aromatic rings. The predicted octanol–water partition coefficient (Wildman–Crippen LogP) is 0.428. The van der Waals surface area contributed by atoms with Crippen LogP contribution in [-0.4, -0.2) is 15.2 Å². The fraction of sp³-hybridized carbons (Fsp3) is 0. The summed E-state index contributed by atoms with van der Waals surface area (Å²) in [4.78, 5) is 9.90. The van der Waals surface area contributed by atoms with Crippen molar-refractivity contribution in [3.8, 4) is 5.75 Å². The Morgan fingerprint density at radius 1 is 1.38 bits per heavy atom. The number of carbonyl (C=O) groups is 1. The summed E-state index contributed by atoms with van der Waals surface area (Å²) in [5, 5.41) is 0. The van der Waals surface area contributed by atoms with Gasteiger partial charge in [-0.25, -0.2) is 0 Å². The van der Waals surface area contributed by atoms with Crippen LogP contribution in [0, 0.1) is 0 Å². The fourth-order valence-electron chi connectivity index (χ4n) is 0.753. The lowest BCUT2D eigenvalue weighted by atomic mass is 10.3. The van der Waals surface area contributed by atoms with Gasteiger partial charge in [0.15, 0.2) is 0 Å². The van der Waals surface area contributed by atoms with Crippen LogP contribution in [0.15, 0.2) is 24.3 Å². The second-order valence-corrected chi connectivity index (χ2v) is 2.75. The van der Waals surface area contributed by atoms with E-state index in [0.717, 1.165) is 0 Å². The summed E-state index contributed by atoms with van der Waals surface area (Å²) in [7, 11) is 0. The van der Waals surface area contributed by atoms with Gasteiger partial charge in [-0.3, -0.25) is 9.00 Å². The lowest BCUT2D eigenvalue weighted by Gasteiger charge is -2.08. The van der Waals surface area contributed by atoms with Crippen molar-refractivity contribution in [1.29, 1.82) is 0 Å². The third-order valence-corrected chi connectivity index (χ3v) is 1.64. The summed E-state index contributed by atoms with van der Waals surface area (Å²) in [6.07, 6.45) is 0. The fourth-order valence-corrected chi connectivity index (χ4v) is 1.08. The molecule has 0 saturated carbocycles. The van der Waals surface area contributed by atoms with Crippen LogP contribution in [0.3, 0.4) is 0 Å². The van der Waals surface area contributed by atoms with Crippen molar-refractivity contribution in [1.82, 2.24) is 0 Å². The first kappa shape index (κ1) is 9.69. The van der Waals surface area contributed by atoms with E-state index < -0.39 is 11.3 Å². The number of benzene rings is 1. The molecule has 1 N–H and O–H groups in total. The molecule has 0 aromatic heterocycles. The second-order valence-electron chi connectivity index (χ2n) is 2.08. The minimum atomic E-state index is -2.34. The molecule has 0 bridgehead atoms. The number of carbonyl (C=O) groups excluding carboxylic acids is 1. The lowest BCUT2D eigenvalue weighted by Crippen LogP contribution is -2.01. The predicted molar refractivity (Wildman–Crippen MR) is 45.7 cm³/mol. The number of anilines is 1. The minimum Gasteiger partial charge on any atom is -0.755 e. The van der Waals surface area contributed by atoms with Gasteiger partial charge in [-0.05, 0) is 24.3 Å². The molecule has 0 aliphatic heterocycles. The van der Waals surface area contributed by atoms with Gasteiger partial charge in [0.25, 0.3) is 6.47 Å². The Bertz CT molecular complexity index is 311. The molecule has 5 nitrogen and oxygen atoms in total. The molecule has 70 valence electrons. The van der Waals surface area contributed by atoms with Crippen LogP contribution in [0.5, 0.6) is 5.75 Å². The lowest BCUT2D eigenvalue weighted by molar-refractivity contribution is -0.120. The van der Waals surface area contributed by atoms with Crippen LogP contribution in [0.4, 0.5) is 5.69 Å². The zero-order valence-corrected chi connectivity index (χ0v) is 7.24. The Labute approximate surface area is 77.1 Å². The largest absolute Gasteiger partial charge is 0.755 e. The van der Waals surface area contributed by atoms with Gasteiger partial charge >= 0.3 is 0 Å². The highest BCUT2D eigenvalue weighted by atomic mass is 32.2. The van der Waals surface area contributed by atoms with E-state index in [2.05, 4.69) is 9.46 Å². The van der Waals surface area contributed by atoms with Crippen LogP contribution in [0.1, 0.15) is 0 Å². The van der Waals surface area contributed by atoms with Crippen molar-refractivity contribution in [2.24, 2.45) is 0 Å². The second kappa shape index (κ2) is 4.58. The van der Waals surface area contributed by atoms with Crippen LogP contribution >= 0.6 is 0 Å². The van der Waals surface area contributed by atoms with Crippen molar-refractivity contribution in [3.63, 3.8) is 0 Å². The average molecular weight is 200 g/mol. The molecular weight excluding hydrogens is 194 g/mol. The molecule has 0 amide bonds. The van der Waals surface area contributed by atoms with Gasteiger partial charge in [0, 0.05) is 17.0 Å². The van der Waals surface area contributed by atoms with E-state index in [1.54, 1.807) is 0 Å². The van der Waals surface area contributed by atoms with E-state index in [4.69, 9.17) is 0 Å². The third kappa shape index (κ3) is 3.22. The van der Waals surface area contributed by atoms with Gasteiger partial charge in [0.05, 0.1) is 0 Å². The van der Waals surface area contributed by atoms with Crippen LogP contribution in [0.25, 0.3) is 0 Å². The first-order valence-corrected chi connectivity index (χ1v) is 4.36. The highest BCUT2D eigenvalue weighted by molar-refractivity contribution is 7.80. The van der Waals surface area contributed by atoms with E-state index in [0.29, 0.717) is 17.9 Å². The minimum absolute atomic E-state index is 0.300. The molecule has 1 atom stereocenters. The maximum atomic E-state index is 10.2. The third-order valence-electron chi connectivity index (χ3n) is 1.24. The maximum Gasteiger partial charge on any atom is 0.298 e. The van der Waals surface area contributed by atoms with Gasteiger partial charge in [-0.2, -0.15) is 0 Å². The molecule has 0 aliphatic carbocycles.